The number of halogens is 2. The summed E-state index contributed by atoms with van der Waals surface area (Å²) in [6.45, 7) is 1.83. The first-order valence-corrected chi connectivity index (χ1v) is 6.98. The molecule has 1 unspecified atom stereocenters. The minimum atomic E-state index is -1.39. The molecule has 1 atom stereocenters. The lowest BCUT2D eigenvalue weighted by atomic mass is 10.2. The summed E-state index contributed by atoms with van der Waals surface area (Å²) in [6, 6.07) is 8.78. The van der Waals surface area contributed by atoms with Gasteiger partial charge in [-0.25, -0.2) is 8.78 Å². The number of hydrogen-bond acceptors (Lipinski definition) is 2. The molecule has 2 nitrogen and oxygen atoms in total. The summed E-state index contributed by atoms with van der Waals surface area (Å²) < 4.78 is 38.1. The van der Waals surface area contributed by atoms with Crippen molar-refractivity contribution in [2.75, 3.05) is 5.73 Å². The number of nitrogens with two attached hydrogens (primary N) is 1. The predicted octanol–water partition coefficient (Wildman–Crippen LogP) is 3.16. The van der Waals surface area contributed by atoms with Gasteiger partial charge in [-0.05, 0) is 36.2 Å². The van der Waals surface area contributed by atoms with Crippen molar-refractivity contribution in [2.24, 2.45) is 0 Å². The summed E-state index contributed by atoms with van der Waals surface area (Å²) in [4.78, 5) is 0.518. The van der Waals surface area contributed by atoms with Gasteiger partial charge in [-0.3, -0.25) is 4.21 Å². The standard InChI is InChI=1S/C14H13F2NOS/c1-9-3-2-4-13(14(9)17)19(18)8-10-5-6-11(15)12(16)7-10/h2-7H,8,17H2,1H3. The van der Waals surface area contributed by atoms with Crippen LogP contribution in [-0.4, -0.2) is 4.21 Å². The SMILES string of the molecule is Cc1cccc(S(=O)Cc2ccc(F)c(F)c2)c1N. The normalized spacial score (nSPS) is 12.4. The number of benzene rings is 2. The number of aryl methyl sites for hydroxylation is 1. The number of para-hydroxylation sites is 1. The maximum absolute atomic E-state index is 13.1. The zero-order valence-electron chi connectivity index (χ0n) is 10.3. The summed E-state index contributed by atoms with van der Waals surface area (Å²) in [5, 5.41) is 0. The Labute approximate surface area is 112 Å². The predicted molar refractivity (Wildman–Crippen MR) is 72.1 cm³/mol. The average molecular weight is 281 g/mol. The molecule has 2 rings (SSSR count). The van der Waals surface area contributed by atoms with E-state index in [0.717, 1.165) is 17.7 Å². The van der Waals surface area contributed by atoms with Gasteiger partial charge in [0, 0.05) is 0 Å². The van der Waals surface area contributed by atoms with Gasteiger partial charge in [0.05, 0.1) is 27.1 Å². The zero-order valence-corrected chi connectivity index (χ0v) is 11.1. The fraction of sp³-hybridized carbons (Fsp3) is 0.143. The summed E-state index contributed by atoms with van der Waals surface area (Å²) in [5.74, 6) is -1.75. The fourth-order valence-electron chi connectivity index (χ4n) is 1.71. The second-order valence-corrected chi connectivity index (χ2v) is 5.64. The molecule has 0 aliphatic carbocycles. The number of anilines is 1. The first-order valence-electron chi connectivity index (χ1n) is 5.66. The van der Waals surface area contributed by atoms with Crippen molar-refractivity contribution in [3.05, 3.63) is 59.2 Å². The second kappa shape index (κ2) is 5.48. The van der Waals surface area contributed by atoms with Gasteiger partial charge in [0.15, 0.2) is 11.6 Å². The van der Waals surface area contributed by atoms with E-state index in [4.69, 9.17) is 5.73 Å². The van der Waals surface area contributed by atoms with E-state index in [0.29, 0.717) is 16.1 Å². The van der Waals surface area contributed by atoms with E-state index in [9.17, 15) is 13.0 Å². The van der Waals surface area contributed by atoms with Crippen LogP contribution in [0.15, 0.2) is 41.3 Å². The first kappa shape index (κ1) is 13.7. The largest absolute Gasteiger partial charge is 0.398 e. The quantitative estimate of drug-likeness (QED) is 0.878. The Morgan fingerprint density at radius 3 is 2.58 bits per heavy atom. The molecule has 0 fully saturated rings. The lowest BCUT2D eigenvalue weighted by Crippen LogP contribution is -2.03. The highest BCUT2D eigenvalue weighted by atomic mass is 32.2. The maximum atomic E-state index is 13.1. The molecule has 0 spiro atoms. The Hall–Kier alpha value is -1.75. The highest BCUT2D eigenvalue weighted by Gasteiger charge is 2.11. The Morgan fingerprint density at radius 2 is 1.89 bits per heavy atom. The van der Waals surface area contributed by atoms with Crippen molar-refractivity contribution in [1.82, 2.24) is 0 Å². The lowest BCUT2D eigenvalue weighted by molar-refractivity contribution is 0.507. The van der Waals surface area contributed by atoms with Crippen LogP contribution in [0.5, 0.6) is 0 Å². The Balaban J connectivity index is 2.26. The van der Waals surface area contributed by atoms with Crippen molar-refractivity contribution in [2.45, 2.75) is 17.6 Å². The molecule has 0 aliphatic heterocycles. The van der Waals surface area contributed by atoms with Crippen molar-refractivity contribution >= 4 is 16.5 Å². The highest BCUT2D eigenvalue weighted by Crippen LogP contribution is 2.22. The lowest BCUT2D eigenvalue weighted by Gasteiger charge is -2.08. The zero-order chi connectivity index (χ0) is 14.0. The van der Waals surface area contributed by atoms with Gasteiger partial charge in [0.1, 0.15) is 0 Å². The summed E-state index contributed by atoms with van der Waals surface area (Å²) >= 11 is 0. The van der Waals surface area contributed by atoms with Crippen LogP contribution >= 0.6 is 0 Å². The van der Waals surface area contributed by atoms with Crippen molar-refractivity contribution in [1.29, 1.82) is 0 Å². The van der Waals surface area contributed by atoms with E-state index in [1.54, 1.807) is 12.1 Å². The van der Waals surface area contributed by atoms with Crippen molar-refractivity contribution in [3.8, 4) is 0 Å². The van der Waals surface area contributed by atoms with Crippen molar-refractivity contribution < 1.29 is 13.0 Å². The van der Waals surface area contributed by atoms with E-state index in [2.05, 4.69) is 0 Å². The topological polar surface area (TPSA) is 43.1 Å². The minimum Gasteiger partial charge on any atom is -0.398 e. The minimum absolute atomic E-state index is 0.102. The van der Waals surface area contributed by atoms with Crippen LogP contribution in [0.3, 0.4) is 0 Å². The molecular formula is C14H13F2NOS. The highest BCUT2D eigenvalue weighted by molar-refractivity contribution is 7.84. The molecule has 2 aromatic carbocycles. The first-order chi connectivity index (χ1) is 8.99. The summed E-state index contributed by atoms with van der Waals surface area (Å²) in [5.41, 5.74) is 7.65. The monoisotopic (exact) mass is 281 g/mol. The van der Waals surface area contributed by atoms with E-state index in [1.165, 1.54) is 6.07 Å². The van der Waals surface area contributed by atoms with Crippen LogP contribution in [0.1, 0.15) is 11.1 Å². The third kappa shape index (κ3) is 2.98. The summed E-state index contributed by atoms with van der Waals surface area (Å²) in [6.07, 6.45) is 0. The van der Waals surface area contributed by atoms with E-state index in [1.807, 2.05) is 13.0 Å². The summed E-state index contributed by atoms with van der Waals surface area (Å²) in [7, 11) is -1.39. The molecule has 0 saturated carbocycles. The van der Waals surface area contributed by atoms with E-state index in [-0.39, 0.29) is 5.75 Å². The molecule has 5 heteroatoms. The van der Waals surface area contributed by atoms with Gasteiger partial charge in [0.25, 0.3) is 0 Å². The van der Waals surface area contributed by atoms with Crippen LogP contribution in [0, 0.1) is 18.6 Å². The van der Waals surface area contributed by atoms with Crippen LogP contribution in [0.25, 0.3) is 0 Å². The number of rotatable bonds is 3. The van der Waals surface area contributed by atoms with Crippen LogP contribution in [-0.2, 0) is 16.6 Å². The maximum Gasteiger partial charge on any atom is 0.159 e. The van der Waals surface area contributed by atoms with Gasteiger partial charge in [-0.1, -0.05) is 18.2 Å². The molecule has 2 aromatic rings. The third-order valence-corrected chi connectivity index (χ3v) is 4.25. The van der Waals surface area contributed by atoms with Crippen LogP contribution in [0.2, 0.25) is 0 Å². The van der Waals surface area contributed by atoms with Gasteiger partial charge in [-0.15, -0.1) is 0 Å². The molecular weight excluding hydrogens is 268 g/mol. The fourth-order valence-corrected chi connectivity index (χ4v) is 2.99. The van der Waals surface area contributed by atoms with Gasteiger partial charge in [0.2, 0.25) is 0 Å². The van der Waals surface area contributed by atoms with Gasteiger partial charge >= 0.3 is 0 Å². The molecule has 19 heavy (non-hydrogen) atoms. The van der Waals surface area contributed by atoms with Crippen LogP contribution in [0.4, 0.5) is 14.5 Å². The molecule has 0 amide bonds. The molecule has 100 valence electrons. The molecule has 0 radical (unpaired) electrons. The number of hydrogen-bond donors (Lipinski definition) is 1. The molecule has 2 N–H and O–H groups in total. The molecule has 0 aromatic heterocycles. The second-order valence-electron chi connectivity index (χ2n) is 4.23. The average Bonchev–Trinajstić information content (AvgIpc) is 2.37. The third-order valence-electron chi connectivity index (χ3n) is 2.81. The van der Waals surface area contributed by atoms with E-state index < -0.39 is 22.4 Å². The van der Waals surface area contributed by atoms with Crippen LogP contribution < -0.4 is 5.73 Å². The molecule has 0 aliphatic rings. The van der Waals surface area contributed by atoms with Gasteiger partial charge < -0.3 is 5.73 Å². The van der Waals surface area contributed by atoms with E-state index >= 15 is 0 Å². The Morgan fingerprint density at radius 1 is 1.16 bits per heavy atom. The molecule has 0 saturated heterocycles. The van der Waals surface area contributed by atoms with Gasteiger partial charge in [-0.2, -0.15) is 0 Å². The molecule has 0 heterocycles. The Bertz CT molecular complexity index is 643. The smallest absolute Gasteiger partial charge is 0.159 e. The molecule has 0 bridgehead atoms. The Kier molecular flexibility index (Phi) is 3.95. The van der Waals surface area contributed by atoms with Crippen molar-refractivity contribution in [3.63, 3.8) is 0 Å². The number of nitrogen functional groups attached to an aromatic ring is 1.